The van der Waals surface area contributed by atoms with Crippen molar-refractivity contribution in [1.29, 1.82) is 0 Å². The molecule has 0 radical (unpaired) electrons. The Balaban J connectivity index is 2.74. The second-order valence-corrected chi connectivity index (χ2v) is 7.22. The van der Waals surface area contributed by atoms with Crippen molar-refractivity contribution in [3.05, 3.63) is 29.0 Å². The van der Waals surface area contributed by atoms with Crippen LogP contribution < -0.4 is 0 Å². The third kappa shape index (κ3) is 2.75. The van der Waals surface area contributed by atoms with E-state index in [1.807, 2.05) is 25.1 Å². The molecule has 19 heavy (non-hydrogen) atoms. The number of imidazole rings is 1. The Bertz CT molecular complexity index is 594. The predicted octanol–water partition coefficient (Wildman–Crippen LogP) is 5.60. The normalized spacial score (nSPS) is 15.7. The van der Waals surface area contributed by atoms with Crippen LogP contribution in [0.2, 0.25) is 5.02 Å². The first-order valence-corrected chi connectivity index (χ1v) is 7.34. The van der Waals surface area contributed by atoms with Gasteiger partial charge in [-0.05, 0) is 37.5 Å². The summed E-state index contributed by atoms with van der Waals surface area (Å²) in [5.74, 6) is 0.904. The number of nitrogens with zero attached hydrogens (tertiary/aromatic N) is 2. The van der Waals surface area contributed by atoms with Gasteiger partial charge < -0.3 is 4.57 Å². The largest absolute Gasteiger partial charge is 0.323 e. The highest BCUT2D eigenvalue weighted by molar-refractivity contribution is 6.31. The van der Waals surface area contributed by atoms with Crippen LogP contribution in [0.25, 0.3) is 11.0 Å². The number of fused-ring (bicyclic) bond motifs is 1. The Kier molecular flexibility index (Phi) is 3.85. The third-order valence-corrected chi connectivity index (χ3v) is 4.11. The number of hydrogen-bond acceptors (Lipinski definition) is 1. The molecule has 0 spiro atoms. The topological polar surface area (TPSA) is 17.8 Å². The zero-order valence-corrected chi connectivity index (χ0v) is 13.5. The Morgan fingerprint density at radius 2 is 1.84 bits per heavy atom. The van der Waals surface area contributed by atoms with Crippen LogP contribution >= 0.6 is 23.2 Å². The predicted molar refractivity (Wildman–Crippen MR) is 83.2 cm³/mol. The van der Waals surface area contributed by atoms with Crippen LogP contribution in [0.4, 0.5) is 0 Å². The number of hydrogen-bond donors (Lipinski definition) is 0. The van der Waals surface area contributed by atoms with E-state index in [9.17, 15) is 0 Å². The Morgan fingerprint density at radius 3 is 2.37 bits per heavy atom. The first-order chi connectivity index (χ1) is 8.71. The molecule has 0 bridgehead atoms. The number of benzene rings is 1. The van der Waals surface area contributed by atoms with Crippen molar-refractivity contribution in [1.82, 2.24) is 9.55 Å². The molecule has 2 atom stereocenters. The van der Waals surface area contributed by atoms with Gasteiger partial charge in [-0.1, -0.05) is 32.4 Å². The van der Waals surface area contributed by atoms with E-state index in [0.717, 1.165) is 21.9 Å². The van der Waals surface area contributed by atoms with Crippen LogP contribution in [0.5, 0.6) is 0 Å². The minimum Gasteiger partial charge on any atom is -0.323 e. The van der Waals surface area contributed by atoms with E-state index in [1.165, 1.54) is 0 Å². The fraction of sp³-hybridized carbons (Fsp3) is 0.533. The Labute approximate surface area is 124 Å². The molecule has 104 valence electrons. The van der Waals surface area contributed by atoms with Gasteiger partial charge in [0.2, 0.25) is 0 Å². The molecule has 0 fully saturated rings. The van der Waals surface area contributed by atoms with Gasteiger partial charge in [0.1, 0.15) is 5.82 Å². The quantitative estimate of drug-likeness (QED) is 0.660. The highest BCUT2D eigenvalue weighted by Crippen LogP contribution is 2.37. The van der Waals surface area contributed by atoms with Gasteiger partial charge in [-0.15, -0.1) is 11.6 Å². The summed E-state index contributed by atoms with van der Waals surface area (Å²) >= 11 is 12.4. The van der Waals surface area contributed by atoms with E-state index in [2.05, 4.69) is 37.2 Å². The summed E-state index contributed by atoms with van der Waals surface area (Å²) in [5, 5.41) is 0.597. The first kappa shape index (κ1) is 14.7. The fourth-order valence-electron chi connectivity index (χ4n) is 2.16. The molecule has 2 aromatic rings. The number of alkyl halides is 1. The lowest BCUT2D eigenvalue weighted by Gasteiger charge is -2.30. The zero-order chi connectivity index (χ0) is 14.4. The number of halogens is 2. The minimum absolute atomic E-state index is 0.122. The smallest absolute Gasteiger partial charge is 0.127 e. The molecule has 2 unspecified atom stereocenters. The molecule has 0 aliphatic rings. The average Bonchev–Trinajstić information content (AvgIpc) is 2.65. The highest BCUT2D eigenvalue weighted by atomic mass is 35.5. The van der Waals surface area contributed by atoms with E-state index in [1.54, 1.807) is 0 Å². The van der Waals surface area contributed by atoms with Gasteiger partial charge in [0, 0.05) is 11.1 Å². The van der Waals surface area contributed by atoms with Crippen molar-refractivity contribution in [2.75, 3.05) is 0 Å². The number of aromatic nitrogens is 2. The van der Waals surface area contributed by atoms with Crippen molar-refractivity contribution >= 4 is 34.2 Å². The van der Waals surface area contributed by atoms with E-state index in [0.29, 0.717) is 0 Å². The van der Waals surface area contributed by atoms with Gasteiger partial charge in [-0.3, -0.25) is 0 Å². The minimum atomic E-state index is -0.129. The summed E-state index contributed by atoms with van der Waals surface area (Å²) in [6, 6.07) is 6.07. The molecule has 0 saturated heterocycles. The molecule has 1 aromatic carbocycles. The van der Waals surface area contributed by atoms with Crippen LogP contribution in [-0.2, 0) is 0 Å². The van der Waals surface area contributed by atoms with Gasteiger partial charge in [0.05, 0.1) is 16.4 Å². The number of rotatable bonds is 2. The summed E-state index contributed by atoms with van der Waals surface area (Å²) in [6.07, 6.45) is 0. The molecule has 1 heterocycles. The third-order valence-electron chi connectivity index (χ3n) is 3.68. The lowest BCUT2D eigenvalue weighted by Crippen LogP contribution is -2.23. The van der Waals surface area contributed by atoms with Gasteiger partial charge in [-0.2, -0.15) is 0 Å². The molecule has 0 N–H and O–H groups in total. The first-order valence-electron chi connectivity index (χ1n) is 6.53. The molecule has 0 aliphatic heterocycles. The molecular weight excluding hydrogens is 279 g/mol. The molecule has 0 aliphatic carbocycles. The van der Waals surface area contributed by atoms with Crippen molar-refractivity contribution in [2.24, 2.45) is 5.41 Å². The molecule has 4 heteroatoms. The molecule has 0 amide bonds. The summed E-state index contributed by atoms with van der Waals surface area (Å²) in [7, 11) is 0. The van der Waals surface area contributed by atoms with E-state index in [4.69, 9.17) is 23.2 Å². The summed E-state index contributed by atoms with van der Waals surface area (Å²) in [5.41, 5.74) is 2.12. The summed E-state index contributed by atoms with van der Waals surface area (Å²) in [4.78, 5) is 4.66. The van der Waals surface area contributed by atoms with Crippen LogP contribution in [0.1, 0.15) is 51.9 Å². The zero-order valence-electron chi connectivity index (χ0n) is 12.0. The maximum atomic E-state index is 6.30. The SMILES string of the molecule is CC(Cl)c1nc2ccc(Cl)cc2n1C(C)C(C)(C)C. The van der Waals surface area contributed by atoms with Crippen molar-refractivity contribution in [2.45, 2.75) is 46.0 Å². The Hall–Kier alpha value is -0.730. The van der Waals surface area contributed by atoms with E-state index < -0.39 is 0 Å². The van der Waals surface area contributed by atoms with Crippen molar-refractivity contribution in [3.63, 3.8) is 0 Å². The standard InChI is InChI=1S/C15H20Cl2N2/c1-9(16)14-18-12-7-6-11(17)8-13(12)19(14)10(2)15(3,4)5/h6-10H,1-5H3. The lowest BCUT2D eigenvalue weighted by molar-refractivity contribution is 0.262. The second-order valence-electron chi connectivity index (χ2n) is 6.13. The van der Waals surface area contributed by atoms with Gasteiger partial charge in [0.25, 0.3) is 0 Å². The van der Waals surface area contributed by atoms with Crippen molar-refractivity contribution in [3.8, 4) is 0 Å². The van der Waals surface area contributed by atoms with Crippen LogP contribution in [0.15, 0.2) is 18.2 Å². The maximum absolute atomic E-state index is 6.30. The molecule has 1 aromatic heterocycles. The monoisotopic (exact) mass is 298 g/mol. The van der Waals surface area contributed by atoms with Crippen LogP contribution in [-0.4, -0.2) is 9.55 Å². The van der Waals surface area contributed by atoms with E-state index in [-0.39, 0.29) is 16.8 Å². The fourth-order valence-corrected chi connectivity index (χ4v) is 2.48. The molecular formula is C15H20Cl2N2. The summed E-state index contributed by atoms with van der Waals surface area (Å²) < 4.78 is 2.22. The maximum Gasteiger partial charge on any atom is 0.127 e. The second kappa shape index (κ2) is 4.99. The molecule has 0 saturated carbocycles. The van der Waals surface area contributed by atoms with Crippen molar-refractivity contribution < 1.29 is 0 Å². The molecule has 2 rings (SSSR count). The van der Waals surface area contributed by atoms with Crippen LogP contribution in [0.3, 0.4) is 0 Å². The lowest BCUT2D eigenvalue weighted by atomic mass is 9.87. The van der Waals surface area contributed by atoms with E-state index >= 15 is 0 Å². The average molecular weight is 299 g/mol. The van der Waals surface area contributed by atoms with Crippen LogP contribution in [0, 0.1) is 5.41 Å². The van der Waals surface area contributed by atoms with Gasteiger partial charge in [0.15, 0.2) is 0 Å². The Morgan fingerprint density at radius 1 is 1.21 bits per heavy atom. The van der Waals surface area contributed by atoms with Gasteiger partial charge >= 0.3 is 0 Å². The highest BCUT2D eigenvalue weighted by Gasteiger charge is 2.27. The molecule has 2 nitrogen and oxygen atoms in total. The summed E-state index contributed by atoms with van der Waals surface area (Å²) in [6.45, 7) is 10.8. The van der Waals surface area contributed by atoms with Gasteiger partial charge in [-0.25, -0.2) is 4.98 Å².